The van der Waals surface area contributed by atoms with Gasteiger partial charge in [-0.05, 0) is 11.5 Å². The molecule has 1 unspecified atom stereocenters. The fourth-order valence-corrected chi connectivity index (χ4v) is 2.05. The Morgan fingerprint density at radius 1 is 1.50 bits per heavy atom. The summed E-state index contributed by atoms with van der Waals surface area (Å²) >= 11 is 0. The van der Waals surface area contributed by atoms with Crippen LogP contribution in [0.4, 0.5) is 0 Å². The standard InChI is InChI=1S/C13H21NO2/c1-10(2)11-6-13(16-8-11)7-14(3)12-4-5-15-9-12/h6,9-10,13H,4-5,7-8H2,1-3H3. The fourth-order valence-electron chi connectivity index (χ4n) is 2.05. The van der Waals surface area contributed by atoms with Gasteiger partial charge >= 0.3 is 0 Å². The number of ether oxygens (including phenoxy) is 2. The average Bonchev–Trinajstić information content (AvgIpc) is 2.87. The van der Waals surface area contributed by atoms with Crippen molar-refractivity contribution in [1.29, 1.82) is 0 Å². The quantitative estimate of drug-likeness (QED) is 0.682. The van der Waals surface area contributed by atoms with Crippen molar-refractivity contribution in [3.8, 4) is 0 Å². The van der Waals surface area contributed by atoms with E-state index in [1.807, 2.05) is 6.26 Å². The normalized spacial score (nSPS) is 24.4. The van der Waals surface area contributed by atoms with E-state index in [0.717, 1.165) is 26.2 Å². The van der Waals surface area contributed by atoms with Crippen LogP contribution in [0.15, 0.2) is 23.6 Å². The summed E-state index contributed by atoms with van der Waals surface area (Å²) in [5, 5.41) is 0. The van der Waals surface area contributed by atoms with Crippen LogP contribution >= 0.6 is 0 Å². The highest BCUT2D eigenvalue weighted by molar-refractivity contribution is 5.14. The van der Waals surface area contributed by atoms with Gasteiger partial charge in [0.1, 0.15) is 6.26 Å². The Kier molecular flexibility index (Phi) is 3.54. The lowest BCUT2D eigenvalue weighted by molar-refractivity contribution is 0.101. The van der Waals surface area contributed by atoms with Crippen molar-refractivity contribution in [2.45, 2.75) is 26.4 Å². The third-order valence-corrected chi connectivity index (χ3v) is 3.25. The number of likely N-dealkylation sites (N-methyl/N-ethyl adjacent to an activating group) is 1. The minimum Gasteiger partial charge on any atom is -0.499 e. The molecule has 2 heterocycles. The average molecular weight is 223 g/mol. The van der Waals surface area contributed by atoms with E-state index in [0.29, 0.717) is 5.92 Å². The molecule has 0 amide bonds. The van der Waals surface area contributed by atoms with Gasteiger partial charge < -0.3 is 14.4 Å². The number of rotatable bonds is 4. The molecule has 0 aliphatic carbocycles. The number of hydrogen-bond donors (Lipinski definition) is 0. The predicted molar refractivity (Wildman–Crippen MR) is 63.9 cm³/mol. The van der Waals surface area contributed by atoms with Crippen LogP contribution in [0.3, 0.4) is 0 Å². The number of nitrogens with zero attached hydrogens (tertiary/aromatic N) is 1. The molecule has 0 aromatic heterocycles. The minimum atomic E-state index is 0.240. The lowest BCUT2D eigenvalue weighted by Crippen LogP contribution is -2.27. The van der Waals surface area contributed by atoms with E-state index >= 15 is 0 Å². The van der Waals surface area contributed by atoms with Crippen LogP contribution in [0, 0.1) is 5.92 Å². The van der Waals surface area contributed by atoms with Crippen molar-refractivity contribution < 1.29 is 9.47 Å². The molecule has 2 rings (SSSR count). The zero-order valence-corrected chi connectivity index (χ0v) is 10.4. The smallest absolute Gasteiger partial charge is 0.102 e. The molecule has 3 heteroatoms. The molecular formula is C13H21NO2. The first-order chi connectivity index (χ1) is 7.66. The van der Waals surface area contributed by atoms with Gasteiger partial charge in [0.15, 0.2) is 0 Å². The van der Waals surface area contributed by atoms with E-state index in [1.165, 1.54) is 11.3 Å². The van der Waals surface area contributed by atoms with Crippen molar-refractivity contribution in [3.05, 3.63) is 23.6 Å². The van der Waals surface area contributed by atoms with Gasteiger partial charge in [0.05, 0.1) is 25.0 Å². The first-order valence-electron chi connectivity index (χ1n) is 6.01. The largest absolute Gasteiger partial charge is 0.499 e. The molecule has 0 aromatic rings. The van der Waals surface area contributed by atoms with Crippen molar-refractivity contribution in [1.82, 2.24) is 4.90 Å². The van der Waals surface area contributed by atoms with E-state index in [4.69, 9.17) is 9.47 Å². The fraction of sp³-hybridized carbons (Fsp3) is 0.692. The van der Waals surface area contributed by atoms with Gasteiger partial charge in [-0.15, -0.1) is 0 Å². The highest BCUT2D eigenvalue weighted by Crippen LogP contribution is 2.21. The Bertz CT molecular complexity index is 307. The van der Waals surface area contributed by atoms with Crippen LogP contribution in [0.25, 0.3) is 0 Å². The van der Waals surface area contributed by atoms with Gasteiger partial charge in [0, 0.05) is 20.0 Å². The van der Waals surface area contributed by atoms with Gasteiger partial charge in [0.2, 0.25) is 0 Å². The van der Waals surface area contributed by atoms with E-state index in [9.17, 15) is 0 Å². The Balaban J connectivity index is 1.86. The first-order valence-corrected chi connectivity index (χ1v) is 6.01. The molecule has 90 valence electrons. The molecule has 0 fully saturated rings. The van der Waals surface area contributed by atoms with Crippen molar-refractivity contribution in [3.63, 3.8) is 0 Å². The van der Waals surface area contributed by atoms with Crippen molar-refractivity contribution in [2.24, 2.45) is 5.92 Å². The third-order valence-electron chi connectivity index (χ3n) is 3.25. The van der Waals surface area contributed by atoms with Crippen molar-refractivity contribution in [2.75, 3.05) is 26.8 Å². The predicted octanol–water partition coefficient (Wildman–Crippen LogP) is 2.16. The second-order valence-corrected chi connectivity index (χ2v) is 4.86. The van der Waals surface area contributed by atoms with Crippen LogP contribution in [0.5, 0.6) is 0 Å². The summed E-state index contributed by atoms with van der Waals surface area (Å²) in [6.07, 6.45) is 5.40. The summed E-state index contributed by atoms with van der Waals surface area (Å²) in [5.74, 6) is 0.601. The summed E-state index contributed by atoms with van der Waals surface area (Å²) in [5.41, 5.74) is 2.70. The van der Waals surface area contributed by atoms with Crippen LogP contribution in [-0.4, -0.2) is 37.8 Å². The van der Waals surface area contributed by atoms with Crippen molar-refractivity contribution >= 4 is 0 Å². The van der Waals surface area contributed by atoms with E-state index in [2.05, 4.69) is 31.9 Å². The third kappa shape index (κ3) is 2.59. The molecule has 0 saturated carbocycles. The lowest BCUT2D eigenvalue weighted by Gasteiger charge is -2.21. The van der Waals surface area contributed by atoms with Crippen LogP contribution in [0.2, 0.25) is 0 Å². The summed E-state index contributed by atoms with van der Waals surface area (Å²) in [7, 11) is 2.10. The molecule has 3 nitrogen and oxygen atoms in total. The Hall–Kier alpha value is -0.960. The van der Waals surface area contributed by atoms with E-state index in [1.54, 1.807) is 0 Å². The molecular weight excluding hydrogens is 202 g/mol. The van der Waals surface area contributed by atoms with E-state index in [-0.39, 0.29) is 6.10 Å². The topological polar surface area (TPSA) is 21.7 Å². The molecule has 0 bridgehead atoms. The van der Waals surface area contributed by atoms with Gasteiger partial charge in [-0.25, -0.2) is 0 Å². The summed E-state index contributed by atoms with van der Waals surface area (Å²) in [6, 6.07) is 0. The SMILES string of the molecule is CC(C)C1=CC(CN(C)C2=COCC2)OC1. The maximum absolute atomic E-state index is 5.75. The van der Waals surface area contributed by atoms with Gasteiger partial charge in [-0.3, -0.25) is 0 Å². The lowest BCUT2D eigenvalue weighted by atomic mass is 10.0. The van der Waals surface area contributed by atoms with Gasteiger partial charge in [-0.2, -0.15) is 0 Å². The maximum Gasteiger partial charge on any atom is 0.102 e. The zero-order valence-electron chi connectivity index (χ0n) is 10.4. The van der Waals surface area contributed by atoms with Crippen LogP contribution in [-0.2, 0) is 9.47 Å². The van der Waals surface area contributed by atoms with Crippen LogP contribution in [0.1, 0.15) is 20.3 Å². The van der Waals surface area contributed by atoms with Gasteiger partial charge in [-0.1, -0.05) is 19.9 Å². The zero-order chi connectivity index (χ0) is 11.5. The highest BCUT2D eigenvalue weighted by atomic mass is 16.5. The monoisotopic (exact) mass is 223 g/mol. The second kappa shape index (κ2) is 4.91. The molecule has 16 heavy (non-hydrogen) atoms. The summed E-state index contributed by atoms with van der Waals surface area (Å²) < 4.78 is 11.0. The second-order valence-electron chi connectivity index (χ2n) is 4.86. The summed E-state index contributed by atoms with van der Waals surface area (Å²) in [4.78, 5) is 2.23. The minimum absolute atomic E-state index is 0.240. The molecule has 0 aromatic carbocycles. The first kappa shape index (κ1) is 11.5. The summed E-state index contributed by atoms with van der Waals surface area (Å²) in [6.45, 7) is 6.97. The molecule has 0 saturated heterocycles. The number of hydrogen-bond acceptors (Lipinski definition) is 3. The molecule has 0 radical (unpaired) electrons. The Labute approximate surface area is 97.7 Å². The molecule has 2 aliphatic heterocycles. The maximum atomic E-state index is 5.75. The Morgan fingerprint density at radius 2 is 2.31 bits per heavy atom. The Morgan fingerprint density at radius 3 is 2.88 bits per heavy atom. The van der Waals surface area contributed by atoms with Crippen LogP contribution < -0.4 is 0 Å². The highest BCUT2D eigenvalue weighted by Gasteiger charge is 2.21. The van der Waals surface area contributed by atoms with E-state index < -0.39 is 0 Å². The molecule has 1 atom stereocenters. The van der Waals surface area contributed by atoms with Gasteiger partial charge in [0.25, 0.3) is 0 Å². The molecule has 0 N–H and O–H groups in total. The molecule has 0 spiro atoms. The molecule has 2 aliphatic rings.